The van der Waals surface area contributed by atoms with Crippen molar-refractivity contribution in [3.63, 3.8) is 0 Å². The molecule has 172 valence electrons. The van der Waals surface area contributed by atoms with Crippen LogP contribution in [0.3, 0.4) is 0 Å². The summed E-state index contributed by atoms with van der Waals surface area (Å²) in [6, 6.07) is 4.02. The highest BCUT2D eigenvalue weighted by atomic mass is 32.1. The molecule has 31 heavy (non-hydrogen) atoms. The number of aromatic nitrogens is 3. The van der Waals surface area contributed by atoms with Gasteiger partial charge in [-0.3, -0.25) is 0 Å². The third kappa shape index (κ3) is 8.95. The lowest BCUT2D eigenvalue weighted by atomic mass is 10.1. The van der Waals surface area contributed by atoms with Crippen LogP contribution in [0.2, 0.25) is 0 Å². The van der Waals surface area contributed by atoms with Crippen LogP contribution >= 0.6 is 11.3 Å². The third-order valence-electron chi connectivity index (χ3n) is 4.45. The van der Waals surface area contributed by atoms with E-state index < -0.39 is 11.7 Å². The van der Waals surface area contributed by atoms with Crippen LogP contribution in [0.1, 0.15) is 57.1 Å². The molecule has 9 nitrogen and oxygen atoms in total. The second kappa shape index (κ2) is 11.7. The van der Waals surface area contributed by atoms with E-state index in [-0.39, 0.29) is 6.04 Å². The van der Waals surface area contributed by atoms with Gasteiger partial charge < -0.3 is 25.3 Å². The van der Waals surface area contributed by atoms with Gasteiger partial charge in [0.2, 0.25) is 0 Å². The molecule has 2 heterocycles. The van der Waals surface area contributed by atoms with Gasteiger partial charge in [0.1, 0.15) is 18.0 Å². The summed E-state index contributed by atoms with van der Waals surface area (Å²) in [4.78, 5) is 18.1. The molecule has 10 heteroatoms. The Bertz CT molecular complexity index is 841. The number of hydrogen-bond donors (Lipinski definition) is 3. The summed E-state index contributed by atoms with van der Waals surface area (Å²) in [7, 11) is 1.92. The highest BCUT2D eigenvalue weighted by Crippen LogP contribution is 2.09. The number of aryl methyl sites for hydroxylation is 1. The van der Waals surface area contributed by atoms with E-state index in [1.165, 1.54) is 4.88 Å². The molecule has 0 saturated heterocycles. The van der Waals surface area contributed by atoms with Gasteiger partial charge in [0, 0.05) is 24.5 Å². The van der Waals surface area contributed by atoms with Gasteiger partial charge in [-0.15, -0.1) is 21.5 Å². The van der Waals surface area contributed by atoms with Crippen molar-refractivity contribution in [2.24, 2.45) is 12.0 Å². The van der Waals surface area contributed by atoms with Gasteiger partial charge in [-0.25, -0.2) is 9.79 Å². The topological polar surface area (TPSA) is 105 Å². The molecule has 3 N–H and O–H groups in total. The molecule has 0 aliphatic rings. The van der Waals surface area contributed by atoms with Gasteiger partial charge in [-0.1, -0.05) is 19.4 Å². The smallest absolute Gasteiger partial charge is 0.407 e. The van der Waals surface area contributed by atoms with Gasteiger partial charge in [0.05, 0.1) is 6.54 Å². The largest absolute Gasteiger partial charge is 0.444 e. The molecular weight excluding hydrogens is 414 g/mol. The fraction of sp³-hybridized carbons (Fsp3) is 0.619. The lowest BCUT2D eigenvalue weighted by molar-refractivity contribution is 0.0502. The number of aliphatic imine (C=N–C) groups is 1. The number of guanidine groups is 1. The molecule has 2 aromatic rings. The summed E-state index contributed by atoms with van der Waals surface area (Å²) in [6.07, 6.45) is 1.36. The zero-order valence-corrected chi connectivity index (χ0v) is 20.2. The van der Waals surface area contributed by atoms with Crippen molar-refractivity contribution in [3.05, 3.63) is 34.0 Å². The van der Waals surface area contributed by atoms with Crippen LogP contribution in [0.5, 0.6) is 0 Å². The molecule has 0 aromatic carbocycles. The Balaban J connectivity index is 2.02. The lowest BCUT2D eigenvalue weighted by Gasteiger charge is -2.24. The number of ether oxygens (including phenoxy) is 1. The molecule has 0 aliphatic heterocycles. The van der Waals surface area contributed by atoms with E-state index in [1.54, 1.807) is 11.3 Å². The fourth-order valence-corrected chi connectivity index (χ4v) is 3.41. The van der Waals surface area contributed by atoms with Crippen LogP contribution in [0.4, 0.5) is 4.79 Å². The predicted molar refractivity (Wildman–Crippen MR) is 124 cm³/mol. The quantitative estimate of drug-likeness (QED) is 0.401. The number of carbonyl (C=O) groups is 1. The maximum Gasteiger partial charge on any atom is 0.407 e. The van der Waals surface area contributed by atoms with E-state index in [4.69, 9.17) is 4.74 Å². The Kier molecular flexibility index (Phi) is 9.29. The van der Waals surface area contributed by atoms with Gasteiger partial charge in [-0.2, -0.15) is 0 Å². The fourth-order valence-electron chi connectivity index (χ4n) is 2.76. The maximum atomic E-state index is 12.2. The number of alkyl carbamates (subject to hydrolysis) is 1. The zero-order valence-electron chi connectivity index (χ0n) is 19.4. The van der Waals surface area contributed by atoms with Gasteiger partial charge >= 0.3 is 6.09 Å². The van der Waals surface area contributed by atoms with Crippen LogP contribution in [-0.4, -0.2) is 45.0 Å². The first-order chi connectivity index (χ1) is 14.7. The summed E-state index contributed by atoms with van der Waals surface area (Å²) in [6.45, 7) is 11.2. The highest BCUT2D eigenvalue weighted by molar-refractivity contribution is 7.09. The summed E-state index contributed by atoms with van der Waals surface area (Å²) >= 11 is 1.69. The van der Waals surface area contributed by atoms with E-state index in [9.17, 15) is 4.79 Å². The first-order valence-corrected chi connectivity index (χ1v) is 11.4. The van der Waals surface area contributed by atoms with Crippen molar-refractivity contribution in [3.8, 4) is 0 Å². The van der Waals surface area contributed by atoms with E-state index in [0.717, 1.165) is 24.5 Å². The van der Waals surface area contributed by atoms with Crippen molar-refractivity contribution >= 4 is 23.4 Å². The average Bonchev–Trinajstić information content (AvgIpc) is 3.31. The Hall–Kier alpha value is -2.62. The van der Waals surface area contributed by atoms with Crippen molar-refractivity contribution in [1.29, 1.82) is 0 Å². The number of amides is 1. The molecule has 1 amide bonds. The van der Waals surface area contributed by atoms with Crippen LogP contribution < -0.4 is 16.0 Å². The van der Waals surface area contributed by atoms with Gasteiger partial charge in [0.15, 0.2) is 11.8 Å². The van der Waals surface area contributed by atoms with Crippen LogP contribution in [0.15, 0.2) is 22.5 Å². The number of nitrogens with one attached hydrogen (secondary N) is 3. The molecule has 0 bridgehead atoms. The molecule has 0 fully saturated rings. The first-order valence-electron chi connectivity index (χ1n) is 10.6. The molecule has 0 radical (unpaired) electrons. The second-order valence-electron chi connectivity index (χ2n) is 8.33. The molecule has 0 spiro atoms. The zero-order chi connectivity index (χ0) is 22.9. The number of thiophene rings is 1. The average molecular weight is 450 g/mol. The minimum absolute atomic E-state index is 0.0781. The number of nitrogens with zero attached hydrogens (tertiary/aromatic N) is 4. The van der Waals surface area contributed by atoms with E-state index in [0.29, 0.717) is 25.6 Å². The summed E-state index contributed by atoms with van der Waals surface area (Å²) in [5, 5.41) is 20.0. The van der Waals surface area contributed by atoms with E-state index in [2.05, 4.69) is 44.1 Å². The Morgan fingerprint density at radius 1 is 1.32 bits per heavy atom. The minimum atomic E-state index is -0.530. The van der Waals surface area contributed by atoms with Crippen molar-refractivity contribution in [2.75, 3.05) is 6.54 Å². The number of carbonyl (C=O) groups excluding carboxylic acids is 1. The third-order valence-corrected chi connectivity index (χ3v) is 5.32. The maximum absolute atomic E-state index is 12.2. The standard InChI is InChI=1S/C21H35N7O2S/c1-7-9-16(25-20(29)30-21(3,4)5)12-22-19(23-13-17-10-8-11-31-17)24-14-18-27-26-15(2)28(18)6/h8,10-11,16H,7,9,12-14H2,1-6H3,(H,25,29)(H2,22,23,24). The normalized spacial score (nSPS) is 13.0. The Morgan fingerprint density at radius 3 is 2.68 bits per heavy atom. The molecule has 1 unspecified atom stereocenters. The van der Waals surface area contributed by atoms with Crippen LogP contribution in [0, 0.1) is 6.92 Å². The van der Waals surface area contributed by atoms with Gasteiger partial charge in [-0.05, 0) is 45.6 Å². The van der Waals surface area contributed by atoms with E-state index >= 15 is 0 Å². The van der Waals surface area contributed by atoms with Crippen LogP contribution in [0.25, 0.3) is 0 Å². The molecule has 2 rings (SSSR count). The first kappa shape index (κ1) is 24.6. The highest BCUT2D eigenvalue weighted by Gasteiger charge is 2.19. The van der Waals surface area contributed by atoms with Crippen LogP contribution in [-0.2, 0) is 24.9 Å². The predicted octanol–water partition coefficient (Wildman–Crippen LogP) is 3.11. The monoisotopic (exact) mass is 449 g/mol. The van der Waals surface area contributed by atoms with Gasteiger partial charge in [0.25, 0.3) is 0 Å². The molecular formula is C21H35N7O2S. The summed E-state index contributed by atoms with van der Waals surface area (Å²) < 4.78 is 7.32. The molecule has 2 aromatic heterocycles. The second-order valence-corrected chi connectivity index (χ2v) is 9.37. The molecule has 0 saturated carbocycles. The Labute approximate surface area is 188 Å². The summed E-state index contributed by atoms with van der Waals surface area (Å²) in [5.41, 5.74) is -0.530. The molecule has 1 atom stereocenters. The van der Waals surface area contributed by atoms with E-state index in [1.807, 2.05) is 50.8 Å². The summed E-state index contributed by atoms with van der Waals surface area (Å²) in [5.74, 6) is 2.28. The minimum Gasteiger partial charge on any atom is -0.444 e. The lowest BCUT2D eigenvalue weighted by Crippen LogP contribution is -2.48. The SMILES string of the molecule is CCCC(CNC(=NCc1nnc(C)n1C)NCc1cccs1)NC(=O)OC(C)(C)C. The van der Waals surface area contributed by atoms with Crippen molar-refractivity contribution in [1.82, 2.24) is 30.7 Å². The van der Waals surface area contributed by atoms with Crippen molar-refractivity contribution in [2.45, 2.75) is 72.2 Å². The molecule has 0 aliphatic carbocycles. The Morgan fingerprint density at radius 2 is 2.10 bits per heavy atom. The number of rotatable bonds is 9. The van der Waals surface area contributed by atoms with Crippen molar-refractivity contribution < 1.29 is 9.53 Å². The number of hydrogen-bond acceptors (Lipinski definition) is 6.